The maximum absolute atomic E-state index is 12.2. The Balaban J connectivity index is 1.70. The van der Waals surface area contributed by atoms with Gasteiger partial charge < -0.3 is 10.6 Å². The van der Waals surface area contributed by atoms with E-state index in [0.29, 0.717) is 16.5 Å². The Morgan fingerprint density at radius 1 is 1.04 bits per heavy atom. The first-order chi connectivity index (χ1) is 11.6. The van der Waals surface area contributed by atoms with Gasteiger partial charge in [0.2, 0.25) is 0 Å². The monoisotopic (exact) mass is 338 g/mol. The van der Waals surface area contributed by atoms with Crippen molar-refractivity contribution in [1.82, 2.24) is 9.97 Å². The van der Waals surface area contributed by atoms with Gasteiger partial charge in [-0.05, 0) is 36.8 Å². The third-order valence-corrected chi connectivity index (χ3v) is 3.63. The largest absolute Gasteiger partial charge is 0.339 e. The number of aromatic nitrogens is 2. The highest BCUT2D eigenvalue weighted by Crippen LogP contribution is 2.21. The number of nitrogens with zero attached hydrogens (tertiary/aromatic N) is 2. The van der Waals surface area contributed by atoms with E-state index in [9.17, 15) is 4.79 Å². The third-order valence-electron chi connectivity index (χ3n) is 3.30. The van der Waals surface area contributed by atoms with Crippen molar-refractivity contribution in [2.75, 3.05) is 10.6 Å². The molecule has 6 heteroatoms. The number of hydrogen-bond donors (Lipinski definition) is 2. The van der Waals surface area contributed by atoms with Gasteiger partial charge in [-0.2, -0.15) is 0 Å². The van der Waals surface area contributed by atoms with Gasteiger partial charge in [-0.25, -0.2) is 9.97 Å². The summed E-state index contributed by atoms with van der Waals surface area (Å²) in [5.41, 5.74) is 2.80. The van der Waals surface area contributed by atoms with Gasteiger partial charge in [-0.15, -0.1) is 0 Å². The lowest BCUT2D eigenvalue weighted by Gasteiger charge is -2.08. The van der Waals surface area contributed by atoms with Crippen molar-refractivity contribution in [3.8, 4) is 0 Å². The van der Waals surface area contributed by atoms with Crippen molar-refractivity contribution >= 4 is 34.7 Å². The molecule has 0 fully saturated rings. The molecule has 0 bridgehead atoms. The summed E-state index contributed by atoms with van der Waals surface area (Å²) in [6.07, 6.45) is 2.94. The van der Waals surface area contributed by atoms with E-state index in [-0.39, 0.29) is 11.6 Å². The zero-order chi connectivity index (χ0) is 16.9. The maximum Gasteiger partial charge on any atom is 0.275 e. The molecule has 24 heavy (non-hydrogen) atoms. The van der Waals surface area contributed by atoms with Crippen LogP contribution in [0.5, 0.6) is 0 Å². The van der Waals surface area contributed by atoms with E-state index in [1.54, 1.807) is 24.3 Å². The summed E-state index contributed by atoms with van der Waals surface area (Å²) in [6, 6.07) is 14.9. The molecule has 3 aromatic rings. The topological polar surface area (TPSA) is 66.9 Å². The molecule has 1 amide bonds. The van der Waals surface area contributed by atoms with Gasteiger partial charge in [0.1, 0.15) is 11.5 Å². The predicted octanol–water partition coefficient (Wildman–Crippen LogP) is 4.43. The first-order valence-electron chi connectivity index (χ1n) is 7.33. The lowest BCUT2D eigenvalue weighted by atomic mass is 10.2. The van der Waals surface area contributed by atoms with E-state index in [2.05, 4.69) is 20.6 Å². The number of halogens is 1. The molecule has 0 saturated carbocycles. The summed E-state index contributed by atoms with van der Waals surface area (Å²) < 4.78 is 0. The number of anilines is 3. The molecule has 0 aliphatic heterocycles. The number of aryl methyl sites for hydroxylation is 1. The van der Waals surface area contributed by atoms with Gasteiger partial charge in [-0.3, -0.25) is 4.79 Å². The molecule has 0 aliphatic rings. The Labute approximate surface area is 144 Å². The van der Waals surface area contributed by atoms with Crippen LogP contribution in [0.3, 0.4) is 0 Å². The van der Waals surface area contributed by atoms with Crippen LogP contribution in [0.4, 0.5) is 17.2 Å². The fourth-order valence-corrected chi connectivity index (χ4v) is 2.31. The second-order valence-corrected chi connectivity index (χ2v) is 5.62. The quantitative estimate of drug-likeness (QED) is 0.738. The van der Waals surface area contributed by atoms with Crippen molar-refractivity contribution in [3.05, 3.63) is 77.2 Å². The summed E-state index contributed by atoms with van der Waals surface area (Å²) in [5.74, 6) is 0.201. The number of nitrogens with one attached hydrogen (secondary N) is 2. The summed E-state index contributed by atoms with van der Waals surface area (Å²) >= 11 is 6.02. The Kier molecular flexibility index (Phi) is 4.72. The van der Waals surface area contributed by atoms with Crippen LogP contribution in [0.2, 0.25) is 5.02 Å². The molecule has 1 heterocycles. The van der Waals surface area contributed by atoms with Gasteiger partial charge in [0.15, 0.2) is 0 Å². The minimum atomic E-state index is -0.363. The molecule has 0 saturated heterocycles. The lowest BCUT2D eigenvalue weighted by Crippen LogP contribution is -2.14. The summed E-state index contributed by atoms with van der Waals surface area (Å²) in [4.78, 5) is 20.6. The first kappa shape index (κ1) is 16.0. The fraction of sp³-hybridized carbons (Fsp3) is 0.0556. The molecule has 5 nitrogen and oxygen atoms in total. The number of para-hydroxylation sites is 1. The molecular weight excluding hydrogens is 324 g/mol. The molecular formula is C18H15ClN4O. The van der Waals surface area contributed by atoms with Crippen LogP contribution in [0.25, 0.3) is 0 Å². The fourth-order valence-electron chi connectivity index (χ4n) is 2.13. The second-order valence-electron chi connectivity index (χ2n) is 5.22. The van der Waals surface area contributed by atoms with Gasteiger partial charge in [-0.1, -0.05) is 35.9 Å². The van der Waals surface area contributed by atoms with Gasteiger partial charge in [0.05, 0.1) is 23.1 Å². The number of hydrogen-bond acceptors (Lipinski definition) is 4. The zero-order valence-corrected chi connectivity index (χ0v) is 13.7. The van der Waals surface area contributed by atoms with Crippen LogP contribution in [-0.2, 0) is 0 Å². The highest BCUT2D eigenvalue weighted by Gasteiger charge is 2.10. The van der Waals surface area contributed by atoms with E-state index in [1.807, 2.05) is 31.2 Å². The number of rotatable bonds is 4. The van der Waals surface area contributed by atoms with Crippen LogP contribution in [0.15, 0.2) is 60.9 Å². The molecule has 0 atom stereocenters. The minimum Gasteiger partial charge on any atom is -0.339 e. The Morgan fingerprint density at radius 3 is 2.58 bits per heavy atom. The number of carbonyl (C=O) groups is 1. The summed E-state index contributed by atoms with van der Waals surface area (Å²) in [6.45, 7) is 2.01. The van der Waals surface area contributed by atoms with E-state index >= 15 is 0 Å². The molecule has 120 valence electrons. The number of benzene rings is 2. The summed E-state index contributed by atoms with van der Waals surface area (Å²) in [7, 11) is 0. The Hall–Kier alpha value is -2.92. The third kappa shape index (κ3) is 3.88. The first-order valence-corrected chi connectivity index (χ1v) is 7.71. The van der Waals surface area contributed by atoms with Crippen molar-refractivity contribution in [3.63, 3.8) is 0 Å². The van der Waals surface area contributed by atoms with Crippen molar-refractivity contribution in [2.45, 2.75) is 6.92 Å². The SMILES string of the molecule is Cc1cccc(Nc2cnc(C(=O)Nc3ccccc3Cl)cn2)c1. The van der Waals surface area contributed by atoms with Crippen LogP contribution in [-0.4, -0.2) is 15.9 Å². The molecule has 2 aromatic carbocycles. The van der Waals surface area contributed by atoms with Crippen LogP contribution >= 0.6 is 11.6 Å². The van der Waals surface area contributed by atoms with Crippen molar-refractivity contribution in [2.24, 2.45) is 0 Å². The second kappa shape index (κ2) is 7.10. The Bertz CT molecular complexity index is 865. The molecule has 0 spiro atoms. The predicted molar refractivity (Wildman–Crippen MR) is 95.9 cm³/mol. The molecule has 0 unspecified atom stereocenters. The van der Waals surface area contributed by atoms with E-state index in [4.69, 9.17) is 11.6 Å². The smallest absolute Gasteiger partial charge is 0.275 e. The van der Waals surface area contributed by atoms with Crippen LogP contribution in [0.1, 0.15) is 16.1 Å². The molecule has 1 aromatic heterocycles. The Morgan fingerprint density at radius 2 is 1.88 bits per heavy atom. The highest BCUT2D eigenvalue weighted by molar-refractivity contribution is 6.33. The molecule has 3 rings (SSSR count). The highest BCUT2D eigenvalue weighted by atomic mass is 35.5. The standard InChI is InChI=1S/C18H15ClN4O/c1-12-5-4-6-13(9-12)22-17-11-20-16(10-21-17)18(24)23-15-8-3-2-7-14(15)19/h2-11H,1H3,(H,21,22)(H,23,24). The zero-order valence-electron chi connectivity index (χ0n) is 13.0. The van der Waals surface area contributed by atoms with Gasteiger partial charge >= 0.3 is 0 Å². The average molecular weight is 339 g/mol. The lowest BCUT2D eigenvalue weighted by molar-refractivity contribution is 0.102. The minimum absolute atomic E-state index is 0.213. The molecule has 2 N–H and O–H groups in total. The van der Waals surface area contributed by atoms with Crippen LogP contribution < -0.4 is 10.6 Å². The van der Waals surface area contributed by atoms with Crippen molar-refractivity contribution in [1.29, 1.82) is 0 Å². The average Bonchev–Trinajstić information content (AvgIpc) is 2.57. The van der Waals surface area contributed by atoms with Gasteiger partial charge in [0, 0.05) is 5.69 Å². The van der Waals surface area contributed by atoms with E-state index in [0.717, 1.165) is 11.3 Å². The van der Waals surface area contributed by atoms with Crippen LogP contribution in [0, 0.1) is 6.92 Å². The van der Waals surface area contributed by atoms with E-state index < -0.39 is 0 Å². The number of carbonyl (C=O) groups excluding carboxylic acids is 1. The van der Waals surface area contributed by atoms with Crippen molar-refractivity contribution < 1.29 is 4.79 Å². The molecule has 0 radical (unpaired) electrons. The number of amides is 1. The summed E-state index contributed by atoms with van der Waals surface area (Å²) in [5, 5.41) is 6.32. The van der Waals surface area contributed by atoms with E-state index in [1.165, 1.54) is 12.4 Å². The normalized spacial score (nSPS) is 10.2. The van der Waals surface area contributed by atoms with Gasteiger partial charge in [0.25, 0.3) is 5.91 Å². The molecule has 0 aliphatic carbocycles. The maximum atomic E-state index is 12.2.